The average Bonchev–Trinajstić information content (AvgIpc) is 2.85. The fourth-order valence-corrected chi connectivity index (χ4v) is 3.88. The molecule has 7 nitrogen and oxygen atoms in total. The molecule has 1 fully saturated rings. The van der Waals surface area contributed by atoms with Crippen LogP contribution >= 0.6 is 0 Å². The SMILES string of the molecule is COc1ccc(NC(=O)N2CCN(c3nc(-c4cccc(C(F)(F)F)c4)nc(C)c3C)CC2)cc1. The Hall–Kier alpha value is -3.82. The maximum Gasteiger partial charge on any atom is 0.416 e. The van der Waals surface area contributed by atoms with Crippen molar-refractivity contribution in [2.75, 3.05) is 43.5 Å². The summed E-state index contributed by atoms with van der Waals surface area (Å²) in [7, 11) is 1.58. The van der Waals surface area contributed by atoms with Gasteiger partial charge in [-0.05, 0) is 50.2 Å². The van der Waals surface area contributed by atoms with Crippen molar-refractivity contribution in [2.45, 2.75) is 20.0 Å². The molecule has 1 aromatic heterocycles. The molecule has 4 rings (SSSR count). The highest BCUT2D eigenvalue weighted by atomic mass is 19.4. The molecular formula is C25H26F3N5O2. The van der Waals surface area contributed by atoms with Crippen LogP contribution in [-0.2, 0) is 6.18 Å². The van der Waals surface area contributed by atoms with Crippen LogP contribution in [0.1, 0.15) is 16.8 Å². The third-order valence-corrected chi connectivity index (χ3v) is 6.02. The van der Waals surface area contributed by atoms with Crippen molar-refractivity contribution in [2.24, 2.45) is 0 Å². The lowest BCUT2D eigenvalue weighted by Gasteiger charge is -2.36. The second kappa shape index (κ2) is 9.81. The minimum Gasteiger partial charge on any atom is -0.497 e. The number of benzene rings is 2. The lowest BCUT2D eigenvalue weighted by atomic mass is 10.1. The lowest BCUT2D eigenvalue weighted by Crippen LogP contribution is -2.50. The van der Waals surface area contributed by atoms with Gasteiger partial charge in [-0.25, -0.2) is 14.8 Å². The van der Waals surface area contributed by atoms with Crippen LogP contribution in [0.4, 0.5) is 29.5 Å². The maximum absolute atomic E-state index is 13.2. The van der Waals surface area contributed by atoms with Gasteiger partial charge in [0.25, 0.3) is 0 Å². The van der Waals surface area contributed by atoms with Crippen LogP contribution < -0.4 is 15.0 Å². The van der Waals surface area contributed by atoms with E-state index >= 15 is 0 Å². The Balaban J connectivity index is 1.47. The summed E-state index contributed by atoms with van der Waals surface area (Å²) in [5.41, 5.74) is 1.79. The first kappa shape index (κ1) is 24.3. The highest BCUT2D eigenvalue weighted by Crippen LogP contribution is 2.32. The monoisotopic (exact) mass is 485 g/mol. The molecule has 1 aliphatic heterocycles. The van der Waals surface area contributed by atoms with E-state index < -0.39 is 11.7 Å². The number of halogens is 3. The number of alkyl halides is 3. The first-order chi connectivity index (χ1) is 16.7. The molecule has 2 amide bonds. The number of piperazine rings is 1. The molecule has 1 N–H and O–H groups in total. The molecule has 0 unspecified atom stereocenters. The van der Waals surface area contributed by atoms with Gasteiger partial charge in [0, 0.05) is 48.7 Å². The Morgan fingerprint density at radius 2 is 1.69 bits per heavy atom. The number of nitrogens with one attached hydrogen (secondary N) is 1. The van der Waals surface area contributed by atoms with Crippen molar-refractivity contribution in [3.05, 3.63) is 65.4 Å². The smallest absolute Gasteiger partial charge is 0.416 e. The maximum atomic E-state index is 13.2. The summed E-state index contributed by atoms with van der Waals surface area (Å²) in [6, 6.07) is 11.9. The number of hydrogen-bond acceptors (Lipinski definition) is 5. The van der Waals surface area contributed by atoms with E-state index in [1.165, 1.54) is 6.07 Å². The van der Waals surface area contributed by atoms with E-state index in [2.05, 4.69) is 15.3 Å². The zero-order valence-electron chi connectivity index (χ0n) is 19.7. The average molecular weight is 486 g/mol. The van der Waals surface area contributed by atoms with Crippen molar-refractivity contribution >= 4 is 17.5 Å². The minimum absolute atomic E-state index is 0.199. The number of aryl methyl sites for hydroxylation is 1. The van der Waals surface area contributed by atoms with Gasteiger partial charge in [0.05, 0.1) is 12.7 Å². The predicted octanol–water partition coefficient (Wildman–Crippen LogP) is 5.14. The Morgan fingerprint density at radius 3 is 2.31 bits per heavy atom. The molecule has 0 spiro atoms. The highest BCUT2D eigenvalue weighted by Gasteiger charge is 2.31. The van der Waals surface area contributed by atoms with Crippen molar-refractivity contribution in [1.29, 1.82) is 0 Å². The summed E-state index contributed by atoms with van der Waals surface area (Å²) in [6.45, 7) is 5.73. The van der Waals surface area contributed by atoms with Gasteiger partial charge in [0.2, 0.25) is 0 Å². The molecule has 184 valence electrons. The van der Waals surface area contributed by atoms with Crippen molar-refractivity contribution in [3.8, 4) is 17.1 Å². The number of carbonyl (C=O) groups is 1. The Morgan fingerprint density at radius 1 is 1.00 bits per heavy atom. The molecule has 1 aliphatic rings. The molecule has 1 saturated heterocycles. The summed E-state index contributed by atoms with van der Waals surface area (Å²) in [4.78, 5) is 25.5. The molecule has 2 aromatic carbocycles. The van der Waals surface area contributed by atoms with Crippen molar-refractivity contribution in [3.63, 3.8) is 0 Å². The lowest BCUT2D eigenvalue weighted by molar-refractivity contribution is -0.137. The third-order valence-electron chi connectivity index (χ3n) is 6.02. The summed E-state index contributed by atoms with van der Waals surface area (Å²) < 4.78 is 44.7. The van der Waals surface area contributed by atoms with Gasteiger partial charge in [0.15, 0.2) is 5.82 Å². The van der Waals surface area contributed by atoms with Gasteiger partial charge in [-0.15, -0.1) is 0 Å². The zero-order valence-corrected chi connectivity index (χ0v) is 19.7. The summed E-state index contributed by atoms with van der Waals surface area (Å²) in [6.07, 6.45) is -4.44. The predicted molar refractivity (Wildman–Crippen MR) is 128 cm³/mol. The van der Waals surface area contributed by atoms with Gasteiger partial charge >= 0.3 is 12.2 Å². The normalized spacial score (nSPS) is 14.1. The second-order valence-electron chi connectivity index (χ2n) is 8.29. The zero-order chi connectivity index (χ0) is 25.2. The molecule has 10 heteroatoms. The first-order valence-electron chi connectivity index (χ1n) is 11.1. The van der Waals surface area contributed by atoms with Crippen molar-refractivity contribution < 1.29 is 22.7 Å². The van der Waals surface area contributed by atoms with Crippen LogP contribution in [0, 0.1) is 13.8 Å². The van der Waals surface area contributed by atoms with E-state index in [1.807, 2.05) is 18.7 Å². The molecule has 0 saturated carbocycles. The fourth-order valence-electron chi connectivity index (χ4n) is 3.88. The van der Waals surface area contributed by atoms with E-state index in [0.29, 0.717) is 54.7 Å². The third kappa shape index (κ3) is 5.47. The summed E-state index contributed by atoms with van der Waals surface area (Å²) in [5.74, 6) is 1.62. The largest absolute Gasteiger partial charge is 0.497 e. The molecule has 0 atom stereocenters. The summed E-state index contributed by atoms with van der Waals surface area (Å²) >= 11 is 0. The number of carbonyl (C=O) groups excluding carboxylic acids is 1. The number of aromatic nitrogens is 2. The summed E-state index contributed by atoms with van der Waals surface area (Å²) in [5, 5.41) is 2.88. The highest BCUT2D eigenvalue weighted by molar-refractivity contribution is 5.89. The van der Waals surface area contributed by atoms with Gasteiger partial charge in [0.1, 0.15) is 11.6 Å². The number of amides is 2. The molecular weight excluding hydrogens is 459 g/mol. The quantitative estimate of drug-likeness (QED) is 0.554. The van der Waals surface area contributed by atoms with Crippen LogP contribution in [0.25, 0.3) is 11.4 Å². The van der Waals surface area contributed by atoms with Crippen molar-refractivity contribution in [1.82, 2.24) is 14.9 Å². The fraction of sp³-hybridized carbons (Fsp3) is 0.320. The van der Waals surface area contributed by atoms with E-state index in [9.17, 15) is 18.0 Å². The molecule has 35 heavy (non-hydrogen) atoms. The number of anilines is 2. The Bertz CT molecular complexity index is 1210. The minimum atomic E-state index is -4.44. The molecule has 0 bridgehead atoms. The van der Waals surface area contributed by atoms with E-state index in [1.54, 1.807) is 42.3 Å². The number of nitrogens with zero attached hydrogens (tertiary/aromatic N) is 4. The Labute approximate surface area is 201 Å². The van der Waals surface area contributed by atoms with E-state index in [0.717, 1.165) is 17.7 Å². The van der Waals surface area contributed by atoms with Crippen LogP contribution in [0.5, 0.6) is 5.75 Å². The van der Waals surface area contributed by atoms with Crippen LogP contribution in [0.2, 0.25) is 0 Å². The molecule has 0 radical (unpaired) electrons. The number of ether oxygens (including phenoxy) is 1. The number of urea groups is 1. The van der Waals surface area contributed by atoms with Gasteiger partial charge in [-0.3, -0.25) is 0 Å². The molecule has 2 heterocycles. The van der Waals surface area contributed by atoms with Crippen LogP contribution in [0.3, 0.4) is 0 Å². The molecule has 3 aromatic rings. The number of rotatable bonds is 4. The standard InChI is InChI=1S/C25H26F3N5O2/c1-16-17(2)29-22(18-5-4-6-19(15-18)25(26,27)28)31-23(16)32-11-13-33(14-12-32)24(34)30-20-7-9-21(35-3)10-8-20/h4-10,15H,11-14H2,1-3H3,(H,30,34). The Kier molecular flexibility index (Phi) is 6.81. The number of hydrogen-bond donors (Lipinski definition) is 1. The number of methoxy groups -OCH3 is 1. The van der Waals surface area contributed by atoms with Crippen LogP contribution in [0.15, 0.2) is 48.5 Å². The first-order valence-corrected chi connectivity index (χ1v) is 11.1. The van der Waals surface area contributed by atoms with Gasteiger partial charge in [-0.2, -0.15) is 13.2 Å². The second-order valence-corrected chi connectivity index (χ2v) is 8.29. The van der Waals surface area contributed by atoms with Gasteiger partial charge < -0.3 is 19.9 Å². The van der Waals surface area contributed by atoms with Crippen LogP contribution in [-0.4, -0.2) is 54.2 Å². The van der Waals surface area contributed by atoms with E-state index in [4.69, 9.17) is 4.74 Å². The topological polar surface area (TPSA) is 70.6 Å². The molecule has 0 aliphatic carbocycles. The van der Waals surface area contributed by atoms with E-state index in [-0.39, 0.29) is 11.9 Å². The van der Waals surface area contributed by atoms with Gasteiger partial charge in [-0.1, -0.05) is 12.1 Å².